The van der Waals surface area contributed by atoms with E-state index < -0.39 is 0 Å². The molecule has 0 bridgehead atoms. The number of carbonyl (C=O) groups is 2. The monoisotopic (exact) mass is 364 g/mol. The van der Waals surface area contributed by atoms with Gasteiger partial charge in [0.25, 0.3) is 0 Å². The molecule has 6 nitrogen and oxygen atoms in total. The van der Waals surface area contributed by atoms with Crippen LogP contribution in [0.4, 0.5) is 0 Å². The van der Waals surface area contributed by atoms with Gasteiger partial charge in [-0.15, -0.1) is 24.8 Å². The first-order valence-corrected chi connectivity index (χ1v) is 6.96. The molecule has 0 fully saturated rings. The van der Waals surface area contributed by atoms with Gasteiger partial charge in [0.15, 0.2) is 0 Å². The minimum absolute atomic E-state index is 0. The number of hydrogen-bond donors (Lipinski definition) is 3. The zero-order valence-electron chi connectivity index (χ0n) is 13.5. The molecule has 0 aromatic heterocycles. The highest BCUT2D eigenvalue weighted by Crippen LogP contribution is 2.04. The molecule has 2 amide bonds. The van der Waals surface area contributed by atoms with Gasteiger partial charge >= 0.3 is 0 Å². The van der Waals surface area contributed by atoms with Gasteiger partial charge in [-0.25, -0.2) is 0 Å². The van der Waals surface area contributed by atoms with E-state index in [4.69, 9.17) is 5.73 Å². The number of benzene rings is 1. The minimum atomic E-state index is -0.336. The number of nitrogens with zero attached hydrogens (tertiary/aromatic N) is 1. The highest BCUT2D eigenvalue weighted by molar-refractivity contribution is 5.86. The van der Waals surface area contributed by atoms with Crippen LogP contribution in [0.15, 0.2) is 30.3 Å². The molecule has 23 heavy (non-hydrogen) atoms. The van der Waals surface area contributed by atoms with Crippen molar-refractivity contribution in [3.8, 4) is 0 Å². The molecule has 132 valence electrons. The van der Waals surface area contributed by atoms with Crippen LogP contribution in [0.3, 0.4) is 0 Å². The molecule has 1 rings (SSSR count). The van der Waals surface area contributed by atoms with E-state index in [0.717, 1.165) is 18.5 Å². The topological polar surface area (TPSA) is 87.5 Å². The zero-order valence-corrected chi connectivity index (χ0v) is 15.1. The van der Waals surface area contributed by atoms with E-state index in [2.05, 4.69) is 10.6 Å². The average molecular weight is 365 g/mol. The van der Waals surface area contributed by atoms with Crippen molar-refractivity contribution in [2.24, 2.45) is 5.73 Å². The smallest absolute Gasteiger partial charge is 0.239 e. The number of hydrogen-bond acceptors (Lipinski definition) is 4. The molecule has 8 heteroatoms. The number of nitrogens with one attached hydrogen (secondary N) is 2. The second kappa shape index (κ2) is 13.1. The lowest BCUT2D eigenvalue weighted by Gasteiger charge is -2.22. The van der Waals surface area contributed by atoms with Crippen molar-refractivity contribution >= 4 is 36.6 Å². The molecule has 1 unspecified atom stereocenters. The summed E-state index contributed by atoms with van der Waals surface area (Å²) in [6.45, 7) is 0.568. The van der Waals surface area contributed by atoms with Crippen molar-refractivity contribution in [1.29, 1.82) is 0 Å². The molecule has 0 aliphatic rings. The predicted molar refractivity (Wildman–Crippen MR) is 97.2 cm³/mol. The van der Waals surface area contributed by atoms with Gasteiger partial charge in [-0.3, -0.25) is 9.59 Å². The second-order valence-corrected chi connectivity index (χ2v) is 5.20. The average Bonchev–Trinajstić information content (AvgIpc) is 2.45. The lowest BCUT2D eigenvalue weighted by Crippen LogP contribution is -2.47. The van der Waals surface area contributed by atoms with Gasteiger partial charge in [0, 0.05) is 12.6 Å². The fraction of sp³-hybridized carbons (Fsp3) is 0.467. The first kappa shape index (κ1) is 23.9. The predicted octanol–water partition coefficient (Wildman–Crippen LogP) is 0.194. The van der Waals surface area contributed by atoms with Crippen molar-refractivity contribution < 1.29 is 9.59 Å². The molecule has 1 atom stereocenters. The lowest BCUT2D eigenvalue weighted by atomic mass is 10.1. The number of carbonyl (C=O) groups excluding carboxylic acids is 2. The Bertz CT molecular complexity index is 458. The van der Waals surface area contributed by atoms with E-state index in [1.165, 1.54) is 0 Å². The summed E-state index contributed by atoms with van der Waals surface area (Å²) in [6, 6.07) is 9.97. The zero-order chi connectivity index (χ0) is 15.7. The SMILES string of the molecule is CN(C)CC(Cc1ccccc1)NC(=O)CNC(=O)CN.Cl.Cl. The second-order valence-electron chi connectivity index (χ2n) is 5.20. The Morgan fingerprint density at radius 2 is 1.74 bits per heavy atom. The van der Waals surface area contributed by atoms with E-state index in [1.54, 1.807) is 0 Å². The van der Waals surface area contributed by atoms with E-state index in [-0.39, 0.29) is 55.8 Å². The molecular formula is C15H26Cl2N4O2. The Balaban J connectivity index is 0. The van der Waals surface area contributed by atoms with Gasteiger partial charge in [0.05, 0.1) is 13.1 Å². The van der Waals surface area contributed by atoms with Crippen molar-refractivity contribution in [3.05, 3.63) is 35.9 Å². The third-order valence-corrected chi connectivity index (χ3v) is 2.91. The quantitative estimate of drug-likeness (QED) is 0.614. The van der Waals surface area contributed by atoms with E-state index >= 15 is 0 Å². The van der Waals surface area contributed by atoms with Crippen LogP contribution in [0.2, 0.25) is 0 Å². The van der Waals surface area contributed by atoms with Gasteiger partial charge in [0.1, 0.15) is 0 Å². The summed E-state index contributed by atoms with van der Waals surface area (Å²) < 4.78 is 0. The van der Waals surface area contributed by atoms with Gasteiger partial charge in [-0.2, -0.15) is 0 Å². The highest BCUT2D eigenvalue weighted by Gasteiger charge is 2.14. The first-order valence-electron chi connectivity index (χ1n) is 6.96. The van der Waals surface area contributed by atoms with E-state index in [9.17, 15) is 9.59 Å². The summed E-state index contributed by atoms with van der Waals surface area (Å²) in [5.41, 5.74) is 6.34. The largest absolute Gasteiger partial charge is 0.350 e. The summed E-state index contributed by atoms with van der Waals surface area (Å²) in [6.07, 6.45) is 0.746. The molecule has 0 aliphatic carbocycles. The summed E-state index contributed by atoms with van der Waals surface area (Å²) in [5.74, 6) is -0.544. The molecule has 0 aliphatic heterocycles. The third-order valence-electron chi connectivity index (χ3n) is 2.91. The van der Waals surface area contributed by atoms with E-state index in [1.807, 2.05) is 49.3 Å². The normalized spacial score (nSPS) is 11.0. The Labute approximate surface area is 150 Å². The van der Waals surface area contributed by atoms with Crippen LogP contribution in [-0.2, 0) is 16.0 Å². The van der Waals surface area contributed by atoms with Crippen LogP contribution in [0.1, 0.15) is 5.56 Å². The maximum absolute atomic E-state index is 11.9. The summed E-state index contributed by atoms with van der Waals surface area (Å²) >= 11 is 0. The Kier molecular flexibility index (Phi) is 13.7. The molecule has 0 saturated carbocycles. The molecule has 0 saturated heterocycles. The van der Waals surface area contributed by atoms with Crippen LogP contribution in [0.5, 0.6) is 0 Å². The Hall–Kier alpha value is -1.34. The van der Waals surface area contributed by atoms with Crippen LogP contribution in [-0.4, -0.2) is 56.5 Å². The molecule has 0 spiro atoms. The van der Waals surface area contributed by atoms with Crippen LogP contribution in [0, 0.1) is 0 Å². The molecule has 0 heterocycles. The van der Waals surface area contributed by atoms with Gasteiger partial charge in [-0.1, -0.05) is 30.3 Å². The van der Waals surface area contributed by atoms with Gasteiger partial charge in [-0.05, 0) is 26.1 Å². The Morgan fingerprint density at radius 3 is 2.26 bits per heavy atom. The fourth-order valence-electron chi connectivity index (χ4n) is 2.03. The summed E-state index contributed by atoms with van der Waals surface area (Å²) in [5, 5.41) is 5.41. The molecule has 1 aromatic rings. The first-order chi connectivity index (χ1) is 10.0. The third kappa shape index (κ3) is 10.9. The fourth-order valence-corrected chi connectivity index (χ4v) is 2.03. The van der Waals surface area contributed by atoms with Gasteiger partial charge < -0.3 is 21.3 Å². The number of halogens is 2. The molecule has 1 aromatic carbocycles. The van der Waals surface area contributed by atoms with Crippen LogP contribution < -0.4 is 16.4 Å². The summed E-state index contributed by atoms with van der Waals surface area (Å²) in [7, 11) is 3.92. The summed E-state index contributed by atoms with van der Waals surface area (Å²) in [4.78, 5) is 24.9. The van der Waals surface area contributed by atoms with Crippen molar-refractivity contribution in [2.45, 2.75) is 12.5 Å². The molecule has 4 N–H and O–H groups in total. The number of rotatable bonds is 8. The molecule has 0 radical (unpaired) electrons. The van der Waals surface area contributed by atoms with E-state index in [0.29, 0.717) is 0 Å². The van der Waals surface area contributed by atoms with Crippen molar-refractivity contribution in [3.63, 3.8) is 0 Å². The van der Waals surface area contributed by atoms with Crippen LogP contribution >= 0.6 is 24.8 Å². The van der Waals surface area contributed by atoms with Gasteiger partial charge in [0.2, 0.25) is 11.8 Å². The standard InChI is InChI=1S/C15H24N4O2.2ClH/c1-19(2)11-13(8-12-6-4-3-5-7-12)18-15(21)10-17-14(20)9-16;;/h3-7,13H,8-11,16H2,1-2H3,(H,17,20)(H,18,21);2*1H. The lowest BCUT2D eigenvalue weighted by molar-refractivity contribution is -0.125. The number of nitrogens with two attached hydrogens (primary N) is 1. The maximum atomic E-state index is 11.9. The number of amides is 2. The Morgan fingerprint density at radius 1 is 1.13 bits per heavy atom. The highest BCUT2D eigenvalue weighted by atomic mass is 35.5. The van der Waals surface area contributed by atoms with Crippen LogP contribution in [0.25, 0.3) is 0 Å². The van der Waals surface area contributed by atoms with Crippen molar-refractivity contribution in [1.82, 2.24) is 15.5 Å². The minimum Gasteiger partial charge on any atom is -0.350 e. The van der Waals surface area contributed by atoms with Crippen molar-refractivity contribution in [2.75, 3.05) is 33.7 Å². The molecular weight excluding hydrogens is 339 g/mol. The maximum Gasteiger partial charge on any atom is 0.239 e. The number of likely N-dealkylation sites (N-methyl/N-ethyl adjacent to an activating group) is 1.